The zero-order valence-electron chi connectivity index (χ0n) is 16.5. The number of nitrogens with one attached hydrogen (secondary N) is 2. The van der Waals surface area contributed by atoms with E-state index in [1.807, 2.05) is 12.1 Å². The molecule has 6 nitrogen and oxygen atoms in total. The smallest absolute Gasteiger partial charge is 0.308 e. The standard InChI is InChI=1S/C23H18Cl2N4O2/c1-14-26-20-11-10-17(27-23(31)28-21-5-3-2-4-19(21)25)12-18(20)22(30)29(14)13-15-6-8-16(24)9-7-15/h2-12H,13H2,1H3,(H2,27,28,31). The van der Waals surface area contributed by atoms with Crippen molar-refractivity contribution in [1.29, 1.82) is 0 Å². The monoisotopic (exact) mass is 452 g/mol. The Bertz CT molecular complexity index is 1330. The SMILES string of the molecule is Cc1nc2ccc(NC(=O)Nc3ccccc3Cl)cc2c(=O)n1Cc1ccc(Cl)cc1. The molecule has 0 unspecified atom stereocenters. The van der Waals surface area contributed by atoms with Crippen LogP contribution in [0.15, 0.2) is 71.5 Å². The predicted octanol–water partition coefficient (Wildman–Crippen LogP) is 5.70. The van der Waals surface area contributed by atoms with Crippen LogP contribution in [0.25, 0.3) is 10.9 Å². The van der Waals surface area contributed by atoms with E-state index in [2.05, 4.69) is 15.6 Å². The number of aromatic nitrogens is 2. The number of fused-ring (bicyclic) bond motifs is 1. The molecule has 4 aromatic rings. The van der Waals surface area contributed by atoms with Gasteiger partial charge in [0.05, 0.1) is 28.2 Å². The Hall–Kier alpha value is -3.35. The lowest BCUT2D eigenvalue weighted by Crippen LogP contribution is -2.25. The highest BCUT2D eigenvalue weighted by Gasteiger charge is 2.11. The largest absolute Gasteiger partial charge is 0.323 e. The summed E-state index contributed by atoms with van der Waals surface area (Å²) in [6.07, 6.45) is 0. The van der Waals surface area contributed by atoms with Gasteiger partial charge in [-0.1, -0.05) is 47.5 Å². The second-order valence-corrected chi connectivity index (χ2v) is 7.81. The van der Waals surface area contributed by atoms with E-state index in [4.69, 9.17) is 23.2 Å². The molecule has 1 aromatic heterocycles. The first-order valence-electron chi connectivity index (χ1n) is 9.49. The summed E-state index contributed by atoms with van der Waals surface area (Å²) < 4.78 is 1.60. The van der Waals surface area contributed by atoms with E-state index in [0.717, 1.165) is 5.56 Å². The summed E-state index contributed by atoms with van der Waals surface area (Å²) in [6.45, 7) is 2.16. The van der Waals surface area contributed by atoms with Crippen LogP contribution < -0.4 is 16.2 Å². The maximum Gasteiger partial charge on any atom is 0.323 e. The van der Waals surface area contributed by atoms with Crippen LogP contribution in [0.5, 0.6) is 0 Å². The first-order valence-corrected chi connectivity index (χ1v) is 10.2. The second kappa shape index (κ2) is 8.79. The van der Waals surface area contributed by atoms with Crippen LogP contribution in [-0.2, 0) is 6.54 Å². The Labute approximate surface area is 188 Å². The summed E-state index contributed by atoms with van der Waals surface area (Å²) in [6, 6.07) is 18.8. The Morgan fingerprint density at radius 2 is 1.74 bits per heavy atom. The number of hydrogen-bond donors (Lipinski definition) is 2. The van der Waals surface area contributed by atoms with Crippen LogP contribution in [0, 0.1) is 6.92 Å². The number of carbonyl (C=O) groups excluding carboxylic acids is 1. The quantitative estimate of drug-likeness (QED) is 0.416. The Kier molecular flexibility index (Phi) is 5.93. The maximum absolute atomic E-state index is 13.1. The molecule has 0 atom stereocenters. The molecule has 4 rings (SSSR count). The fraction of sp³-hybridized carbons (Fsp3) is 0.0870. The first kappa shape index (κ1) is 20.9. The molecule has 2 amide bonds. The summed E-state index contributed by atoms with van der Waals surface area (Å²) in [5.41, 5.74) is 2.27. The lowest BCUT2D eigenvalue weighted by atomic mass is 10.2. The molecular formula is C23H18Cl2N4O2. The molecule has 8 heteroatoms. The van der Waals surface area contributed by atoms with E-state index in [1.165, 1.54) is 0 Å². The number of hydrogen-bond acceptors (Lipinski definition) is 3. The van der Waals surface area contributed by atoms with Gasteiger partial charge in [-0.15, -0.1) is 0 Å². The lowest BCUT2D eigenvalue weighted by Gasteiger charge is -2.13. The minimum atomic E-state index is -0.464. The molecule has 3 aromatic carbocycles. The van der Waals surface area contributed by atoms with Gasteiger partial charge in [-0.3, -0.25) is 9.36 Å². The van der Waals surface area contributed by atoms with Crippen LogP contribution >= 0.6 is 23.2 Å². The highest BCUT2D eigenvalue weighted by atomic mass is 35.5. The van der Waals surface area contributed by atoms with E-state index in [-0.39, 0.29) is 5.56 Å². The van der Waals surface area contributed by atoms with Crippen molar-refractivity contribution in [2.45, 2.75) is 13.5 Å². The summed E-state index contributed by atoms with van der Waals surface area (Å²) in [5.74, 6) is 0.602. The number of carbonyl (C=O) groups is 1. The number of para-hydroxylation sites is 1. The number of anilines is 2. The average Bonchev–Trinajstić information content (AvgIpc) is 2.74. The van der Waals surface area contributed by atoms with Gasteiger partial charge in [-0.05, 0) is 55.0 Å². The van der Waals surface area contributed by atoms with Gasteiger partial charge in [0, 0.05) is 10.7 Å². The van der Waals surface area contributed by atoms with Gasteiger partial charge in [0.2, 0.25) is 0 Å². The number of urea groups is 1. The predicted molar refractivity (Wildman–Crippen MR) is 125 cm³/mol. The zero-order valence-corrected chi connectivity index (χ0v) is 18.0. The molecule has 156 valence electrons. The van der Waals surface area contributed by atoms with Gasteiger partial charge in [0.15, 0.2) is 0 Å². The molecule has 0 aliphatic heterocycles. The molecule has 0 aliphatic carbocycles. The van der Waals surface area contributed by atoms with E-state index >= 15 is 0 Å². The van der Waals surface area contributed by atoms with E-state index < -0.39 is 6.03 Å². The Balaban J connectivity index is 1.62. The molecule has 0 spiro atoms. The number of nitrogens with zero attached hydrogens (tertiary/aromatic N) is 2. The zero-order chi connectivity index (χ0) is 22.0. The van der Waals surface area contributed by atoms with E-state index in [9.17, 15) is 9.59 Å². The van der Waals surface area contributed by atoms with Crippen LogP contribution in [-0.4, -0.2) is 15.6 Å². The fourth-order valence-corrected chi connectivity index (χ4v) is 3.52. The van der Waals surface area contributed by atoms with Crippen molar-refractivity contribution < 1.29 is 4.79 Å². The van der Waals surface area contributed by atoms with Gasteiger partial charge in [-0.2, -0.15) is 0 Å². The lowest BCUT2D eigenvalue weighted by molar-refractivity contribution is 0.262. The maximum atomic E-state index is 13.1. The van der Waals surface area contributed by atoms with Crippen molar-refractivity contribution in [3.05, 3.63) is 98.5 Å². The van der Waals surface area contributed by atoms with Crippen molar-refractivity contribution in [2.75, 3.05) is 10.6 Å². The van der Waals surface area contributed by atoms with Crippen molar-refractivity contribution in [1.82, 2.24) is 9.55 Å². The third kappa shape index (κ3) is 4.71. The highest BCUT2D eigenvalue weighted by molar-refractivity contribution is 6.33. The number of halogens is 2. The van der Waals surface area contributed by atoms with Gasteiger partial charge in [0.1, 0.15) is 5.82 Å². The van der Waals surface area contributed by atoms with Crippen LogP contribution in [0.3, 0.4) is 0 Å². The molecule has 0 aliphatic rings. The topological polar surface area (TPSA) is 76.0 Å². The molecule has 0 bridgehead atoms. The van der Waals surface area contributed by atoms with Crippen molar-refractivity contribution in [2.24, 2.45) is 0 Å². The molecular weight excluding hydrogens is 435 g/mol. The molecule has 31 heavy (non-hydrogen) atoms. The number of benzene rings is 3. The van der Waals surface area contributed by atoms with Crippen molar-refractivity contribution >= 4 is 51.5 Å². The third-order valence-corrected chi connectivity index (χ3v) is 5.36. The number of amides is 2. The summed E-state index contributed by atoms with van der Waals surface area (Å²) in [4.78, 5) is 30.0. The number of rotatable bonds is 4. The molecule has 1 heterocycles. The third-order valence-electron chi connectivity index (χ3n) is 4.78. The minimum absolute atomic E-state index is 0.187. The Morgan fingerprint density at radius 1 is 1.00 bits per heavy atom. The Morgan fingerprint density at radius 3 is 2.48 bits per heavy atom. The van der Waals surface area contributed by atoms with Gasteiger partial charge >= 0.3 is 6.03 Å². The van der Waals surface area contributed by atoms with Crippen molar-refractivity contribution in [3.8, 4) is 0 Å². The fourth-order valence-electron chi connectivity index (χ4n) is 3.22. The summed E-state index contributed by atoms with van der Waals surface area (Å²) in [5, 5.41) is 6.89. The molecule has 0 saturated carbocycles. The molecule has 0 saturated heterocycles. The summed E-state index contributed by atoms with van der Waals surface area (Å²) in [7, 11) is 0. The van der Waals surface area contributed by atoms with E-state index in [0.29, 0.717) is 44.7 Å². The van der Waals surface area contributed by atoms with E-state index in [1.54, 1.807) is 66.1 Å². The van der Waals surface area contributed by atoms with Crippen LogP contribution in [0.4, 0.5) is 16.2 Å². The molecule has 0 fully saturated rings. The molecule has 0 radical (unpaired) electrons. The normalized spacial score (nSPS) is 10.8. The number of aryl methyl sites for hydroxylation is 1. The van der Waals surface area contributed by atoms with Crippen molar-refractivity contribution in [3.63, 3.8) is 0 Å². The molecule has 2 N–H and O–H groups in total. The van der Waals surface area contributed by atoms with Crippen LogP contribution in [0.1, 0.15) is 11.4 Å². The second-order valence-electron chi connectivity index (χ2n) is 6.97. The summed E-state index contributed by atoms with van der Waals surface area (Å²) >= 11 is 12.0. The van der Waals surface area contributed by atoms with Gasteiger partial charge in [-0.25, -0.2) is 9.78 Å². The van der Waals surface area contributed by atoms with Crippen LogP contribution in [0.2, 0.25) is 10.0 Å². The van der Waals surface area contributed by atoms with Gasteiger partial charge in [0.25, 0.3) is 5.56 Å². The first-order chi connectivity index (χ1) is 14.9. The van der Waals surface area contributed by atoms with Gasteiger partial charge < -0.3 is 10.6 Å². The minimum Gasteiger partial charge on any atom is -0.308 e. The average molecular weight is 453 g/mol. The highest BCUT2D eigenvalue weighted by Crippen LogP contribution is 2.21.